The maximum Gasteiger partial charge on any atom is 0.271 e. The van der Waals surface area contributed by atoms with Crippen LogP contribution in [0.5, 0.6) is 0 Å². The fraction of sp³-hybridized carbons (Fsp3) is 0.300. The maximum absolute atomic E-state index is 12.7. The topological polar surface area (TPSA) is 71.3 Å². The molecule has 0 bridgehead atoms. The van der Waals surface area contributed by atoms with Crippen molar-refractivity contribution in [3.05, 3.63) is 88.1 Å². The molecule has 1 saturated carbocycles. The van der Waals surface area contributed by atoms with E-state index in [4.69, 9.17) is 0 Å². The first-order valence-electron chi connectivity index (χ1n) is 12.9. The second-order valence-electron chi connectivity index (χ2n) is 9.79. The SMILES string of the molecule is Cc1ccc(Nc2nc(-c3ccc(C(=O)N/N=C\c4cc(C)n(C5CCCCC5)c4C)cc3)cs2)cc1. The van der Waals surface area contributed by atoms with Crippen LogP contribution in [-0.2, 0) is 0 Å². The van der Waals surface area contributed by atoms with Crippen molar-refractivity contribution in [3.8, 4) is 11.3 Å². The molecule has 6 nitrogen and oxygen atoms in total. The number of hydrogen-bond acceptors (Lipinski definition) is 5. The summed E-state index contributed by atoms with van der Waals surface area (Å²) >= 11 is 1.55. The Labute approximate surface area is 222 Å². The van der Waals surface area contributed by atoms with Crippen molar-refractivity contribution in [1.82, 2.24) is 15.0 Å². The first-order chi connectivity index (χ1) is 18.0. The van der Waals surface area contributed by atoms with E-state index in [1.807, 2.05) is 41.8 Å². The van der Waals surface area contributed by atoms with E-state index in [0.29, 0.717) is 11.6 Å². The van der Waals surface area contributed by atoms with Crippen LogP contribution in [0.15, 0.2) is 65.1 Å². The minimum absolute atomic E-state index is 0.233. The molecule has 0 unspecified atom stereocenters. The van der Waals surface area contributed by atoms with Gasteiger partial charge in [-0.2, -0.15) is 5.10 Å². The minimum Gasteiger partial charge on any atom is -0.345 e. The molecule has 2 aromatic heterocycles. The number of amides is 1. The van der Waals surface area contributed by atoms with Gasteiger partial charge in [-0.1, -0.05) is 49.1 Å². The van der Waals surface area contributed by atoms with Crippen LogP contribution in [0.4, 0.5) is 10.8 Å². The summed E-state index contributed by atoms with van der Waals surface area (Å²) in [6, 6.07) is 18.4. The third-order valence-electron chi connectivity index (χ3n) is 7.08. The van der Waals surface area contributed by atoms with Crippen molar-refractivity contribution in [2.45, 2.75) is 58.9 Å². The Morgan fingerprint density at radius 2 is 1.76 bits per heavy atom. The number of nitrogens with one attached hydrogen (secondary N) is 2. The van der Waals surface area contributed by atoms with Gasteiger partial charge >= 0.3 is 0 Å². The highest BCUT2D eigenvalue weighted by Gasteiger charge is 2.19. The van der Waals surface area contributed by atoms with Gasteiger partial charge in [0.2, 0.25) is 0 Å². The van der Waals surface area contributed by atoms with Crippen LogP contribution in [0.25, 0.3) is 11.3 Å². The summed E-state index contributed by atoms with van der Waals surface area (Å²) in [7, 11) is 0. The lowest BCUT2D eigenvalue weighted by atomic mass is 9.95. The summed E-state index contributed by atoms with van der Waals surface area (Å²) in [5.41, 5.74) is 10.8. The average Bonchev–Trinajstić information content (AvgIpc) is 3.49. The number of carbonyl (C=O) groups is 1. The van der Waals surface area contributed by atoms with Gasteiger partial charge in [-0.15, -0.1) is 11.3 Å². The summed E-state index contributed by atoms with van der Waals surface area (Å²) in [5, 5.41) is 10.4. The van der Waals surface area contributed by atoms with E-state index in [2.05, 4.69) is 64.4 Å². The van der Waals surface area contributed by atoms with Gasteiger partial charge in [0.15, 0.2) is 5.13 Å². The van der Waals surface area contributed by atoms with E-state index in [1.165, 1.54) is 49.1 Å². The molecule has 0 saturated heterocycles. The smallest absolute Gasteiger partial charge is 0.271 e. The highest BCUT2D eigenvalue weighted by atomic mass is 32.1. The zero-order valence-corrected chi connectivity index (χ0v) is 22.4. The van der Waals surface area contributed by atoms with Gasteiger partial charge in [-0.05, 0) is 63.9 Å². The zero-order valence-electron chi connectivity index (χ0n) is 21.6. The van der Waals surface area contributed by atoms with E-state index < -0.39 is 0 Å². The van der Waals surface area contributed by atoms with E-state index in [-0.39, 0.29) is 5.91 Å². The molecule has 1 aliphatic rings. The third-order valence-corrected chi connectivity index (χ3v) is 7.84. The molecule has 1 fully saturated rings. The van der Waals surface area contributed by atoms with Crippen molar-refractivity contribution in [2.24, 2.45) is 5.10 Å². The molecule has 7 heteroatoms. The van der Waals surface area contributed by atoms with Crippen molar-refractivity contribution < 1.29 is 4.79 Å². The van der Waals surface area contributed by atoms with E-state index in [9.17, 15) is 4.79 Å². The molecule has 0 atom stereocenters. The fourth-order valence-corrected chi connectivity index (χ4v) is 5.82. The zero-order chi connectivity index (χ0) is 25.8. The van der Waals surface area contributed by atoms with Crippen LogP contribution in [0.3, 0.4) is 0 Å². The first-order valence-corrected chi connectivity index (χ1v) is 13.8. The lowest BCUT2D eigenvalue weighted by molar-refractivity contribution is 0.0955. The van der Waals surface area contributed by atoms with E-state index in [0.717, 1.165) is 27.6 Å². The summed E-state index contributed by atoms with van der Waals surface area (Å²) < 4.78 is 2.45. The number of hydrogen-bond donors (Lipinski definition) is 2. The molecule has 1 amide bonds. The number of aromatic nitrogens is 2. The highest BCUT2D eigenvalue weighted by Crippen LogP contribution is 2.32. The fourth-order valence-electron chi connectivity index (χ4n) is 5.08. The Kier molecular flexibility index (Phi) is 7.51. The van der Waals surface area contributed by atoms with E-state index in [1.54, 1.807) is 17.6 Å². The molecule has 0 aliphatic heterocycles. The van der Waals surface area contributed by atoms with Crippen LogP contribution in [-0.4, -0.2) is 21.7 Å². The Morgan fingerprint density at radius 1 is 1.03 bits per heavy atom. The molecule has 1 aliphatic carbocycles. The van der Waals surface area contributed by atoms with Gasteiger partial charge in [-0.3, -0.25) is 4.79 Å². The van der Waals surface area contributed by atoms with Crippen molar-refractivity contribution in [1.29, 1.82) is 0 Å². The Morgan fingerprint density at radius 3 is 2.49 bits per heavy atom. The number of rotatable bonds is 7. The van der Waals surface area contributed by atoms with Crippen LogP contribution in [0.2, 0.25) is 0 Å². The molecule has 0 spiro atoms. The maximum atomic E-state index is 12.7. The standard InChI is InChI=1S/C30H33N5OS/c1-20-9-15-26(16-10-20)32-30-33-28(19-37-30)23-11-13-24(14-12-23)29(36)34-31-18-25-17-21(2)35(22(25)3)27-7-5-4-6-8-27/h9-19,27H,4-8H2,1-3H3,(H,32,33)(H,34,36)/b31-18-. The molecule has 0 radical (unpaired) electrons. The summed E-state index contributed by atoms with van der Waals surface area (Å²) in [5.74, 6) is -0.233. The van der Waals surface area contributed by atoms with Crippen LogP contribution in [0, 0.1) is 20.8 Å². The molecule has 5 rings (SSSR count). The van der Waals surface area contributed by atoms with Crippen LogP contribution in [0.1, 0.15) is 71.0 Å². The number of nitrogens with zero attached hydrogens (tertiary/aromatic N) is 3. The molecule has 190 valence electrons. The molecule has 4 aromatic rings. The number of anilines is 2. The van der Waals surface area contributed by atoms with Gasteiger partial charge in [-0.25, -0.2) is 10.4 Å². The van der Waals surface area contributed by atoms with Gasteiger partial charge in [0.05, 0.1) is 11.9 Å². The van der Waals surface area contributed by atoms with Crippen molar-refractivity contribution in [2.75, 3.05) is 5.32 Å². The summed E-state index contributed by atoms with van der Waals surface area (Å²) in [6.07, 6.45) is 8.18. The largest absolute Gasteiger partial charge is 0.345 e. The Hall–Kier alpha value is -3.71. The minimum atomic E-state index is -0.233. The quantitative estimate of drug-likeness (QED) is 0.199. The number of benzene rings is 2. The van der Waals surface area contributed by atoms with Crippen LogP contribution >= 0.6 is 11.3 Å². The van der Waals surface area contributed by atoms with Gasteiger partial charge in [0.1, 0.15) is 0 Å². The van der Waals surface area contributed by atoms with Crippen molar-refractivity contribution in [3.63, 3.8) is 0 Å². The van der Waals surface area contributed by atoms with Gasteiger partial charge in [0.25, 0.3) is 5.91 Å². The summed E-state index contributed by atoms with van der Waals surface area (Å²) in [4.78, 5) is 17.4. The molecule has 37 heavy (non-hydrogen) atoms. The second-order valence-corrected chi connectivity index (χ2v) is 10.7. The normalized spacial score (nSPS) is 14.2. The molecule has 2 N–H and O–H groups in total. The summed E-state index contributed by atoms with van der Waals surface area (Å²) in [6.45, 7) is 6.37. The van der Waals surface area contributed by atoms with Crippen LogP contribution < -0.4 is 10.7 Å². The van der Waals surface area contributed by atoms with Gasteiger partial charge in [0, 0.05) is 45.2 Å². The lowest BCUT2D eigenvalue weighted by Gasteiger charge is -2.26. The second kappa shape index (κ2) is 11.1. The number of carbonyl (C=O) groups excluding carboxylic acids is 1. The predicted octanol–water partition coefficient (Wildman–Crippen LogP) is 7.55. The van der Waals surface area contributed by atoms with Gasteiger partial charge < -0.3 is 9.88 Å². The average molecular weight is 512 g/mol. The van der Waals surface area contributed by atoms with E-state index >= 15 is 0 Å². The monoisotopic (exact) mass is 511 g/mol. The first kappa shape index (κ1) is 25.0. The highest BCUT2D eigenvalue weighted by molar-refractivity contribution is 7.14. The van der Waals surface area contributed by atoms with Crippen molar-refractivity contribution >= 4 is 34.3 Å². The molecular weight excluding hydrogens is 478 g/mol. The predicted molar refractivity (Wildman–Crippen MR) is 153 cm³/mol. The number of aryl methyl sites for hydroxylation is 2. The number of thiazole rings is 1. The Balaban J connectivity index is 1.20. The number of hydrazone groups is 1. The molecule has 2 heterocycles. The molecular formula is C30H33N5OS. The Bertz CT molecular complexity index is 1390. The molecule has 2 aromatic carbocycles. The lowest BCUT2D eigenvalue weighted by Crippen LogP contribution is -2.17. The third kappa shape index (κ3) is 5.83.